The first-order chi connectivity index (χ1) is 12.1. The van der Waals surface area contributed by atoms with Gasteiger partial charge in [-0.2, -0.15) is 0 Å². The lowest BCUT2D eigenvalue weighted by Crippen LogP contribution is -2.28. The molecule has 0 bridgehead atoms. The fourth-order valence-corrected chi connectivity index (χ4v) is 2.79. The Morgan fingerprint density at radius 2 is 1.60 bits per heavy atom. The SMILES string of the molecule is CCN(CC)c1ccc(C=C2OC(=O)N(c3ccccc3)C2=O)cc1. The largest absolute Gasteiger partial charge is 0.427 e. The lowest BCUT2D eigenvalue weighted by atomic mass is 10.1. The molecule has 0 aliphatic carbocycles. The van der Waals surface area contributed by atoms with Crippen LogP contribution in [0.3, 0.4) is 0 Å². The van der Waals surface area contributed by atoms with E-state index in [0.29, 0.717) is 5.69 Å². The van der Waals surface area contributed by atoms with E-state index in [0.717, 1.165) is 29.2 Å². The van der Waals surface area contributed by atoms with Crippen molar-refractivity contribution >= 4 is 29.5 Å². The molecule has 2 aromatic rings. The number of amides is 2. The minimum Gasteiger partial charge on any atom is -0.404 e. The Morgan fingerprint density at radius 1 is 0.960 bits per heavy atom. The summed E-state index contributed by atoms with van der Waals surface area (Å²) in [5, 5.41) is 0. The van der Waals surface area contributed by atoms with Gasteiger partial charge >= 0.3 is 12.0 Å². The second kappa shape index (κ2) is 7.21. The van der Waals surface area contributed by atoms with Gasteiger partial charge in [0.15, 0.2) is 5.76 Å². The molecule has 0 spiro atoms. The van der Waals surface area contributed by atoms with Crippen LogP contribution in [0.25, 0.3) is 6.08 Å². The number of nitrogens with zero attached hydrogens (tertiary/aromatic N) is 2. The fraction of sp³-hybridized carbons (Fsp3) is 0.200. The van der Waals surface area contributed by atoms with E-state index in [4.69, 9.17) is 4.74 Å². The van der Waals surface area contributed by atoms with Crippen LogP contribution in [0.1, 0.15) is 19.4 Å². The molecular formula is C20H20N2O3. The predicted octanol–water partition coefficient (Wildman–Crippen LogP) is 4.06. The first kappa shape index (κ1) is 16.8. The molecule has 0 saturated carbocycles. The molecule has 128 valence electrons. The molecule has 25 heavy (non-hydrogen) atoms. The van der Waals surface area contributed by atoms with E-state index in [2.05, 4.69) is 18.7 Å². The summed E-state index contributed by atoms with van der Waals surface area (Å²) in [7, 11) is 0. The second-order valence-corrected chi connectivity index (χ2v) is 5.62. The third kappa shape index (κ3) is 3.40. The monoisotopic (exact) mass is 336 g/mol. The summed E-state index contributed by atoms with van der Waals surface area (Å²) in [4.78, 5) is 27.8. The van der Waals surface area contributed by atoms with Crippen molar-refractivity contribution in [2.24, 2.45) is 0 Å². The molecule has 0 N–H and O–H groups in total. The van der Waals surface area contributed by atoms with Crippen LogP contribution < -0.4 is 9.80 Å². The summed E-state index contributed by atoms with van der Waals surface area (Å²) < 4.78 is 5.15. The molecule has 1 aliphatic rings. The number of ether oxygens (including phenoxy) is 1. The minimum absolute atomic E-state index is 0.0319. The quantitative estimate of drug-likeness (QED) is 0.773. The Kier molecular flexibility index (Phi) is 4.84. The van der Waals surface area contributed by atoms with Crippen molar-refractivity contribution in [3.05, 3.63) is 65.9 Å². The molecule has 1 aliphatic heterocycles. The number of carbonyl (C=O) groups excluding carboxylic acids is 2. The van der Waals surface area contributed by atoms with Gasteiger partial charge in [0.05, 0.1) is 5.69 Å². The third-order valence-corrected chi connectivity index (χ3v) is 4.13. The number of hydrogen-bond acceptors (Lipinski definition) is 4. The summed E-state index contributed by atoms with van der Waals surface area (Å²) >= 11 is 0. The van der Waals surface area contributed by atoms with Crippen LogP contribution in [0, 0.1) is 0 Å². The molecule has 2 amide bonds. The highest BCUT2D eigenvalue weighted by Gasteiger charge is 2.37. The Bertz CT molecular complexity index is 793. The number of benzene rings is 2. The van der Waals surface area contributed by atoms with Crippen molar-refractivity contribution in [3.63, 3.8) is 0 Å². The highest BCUT2D eigenvalue weighted by Crippen LogP contribution is 2.26. The molecule has 0 atom stereocenters. The van der Waals surface area contributed by atoms with Crippen molar-refractivity contribution in [2.45, 2.75) is 13.8 Å². The summed E-state index contributed by atoms with van der Waals surface area (Å²) in [6, 6.07) is 16.6. The van der Waals surface area contributed by atoms with E-state index in [9.17, 15) is 9.59 Å². The van der Waals surface area contributed by atoms with Crippen molar-refractivity contribution in [1.82, 2.24) is 0 Å². The molecule has 3 rings (SSSR count). The molecule has 1 saturated heterocycles. The average molecular weight is 336 g/mol. The number of cyclic esters (lactones) is 1. The van der Waals surface area contributed by atoms with Gasteiger partial charge in [0.25, 0.3) is 0 Å². The lowest BCUT2D eigenvalue weighted by molar-refractivity contribution is -0.114. The number of anilines is 2. The van der Waals surface area contributed by atoms with Crippen molar-refractivity contribution < 1.29 is 14.3 Å². The summed E-state index contributed by atoms with van der Waals surface area (Å²) in [6.07, 6.45) is 0.914. The van der Waals surface area contributed by atoms with Gasteiger partial charge in [-0.25, -0.2) is 9.69 Å². The molecule has 1 heterocycles. The van der Waals surface area contributed by atoms with Crippen LogP contribution in [0.2, 0.25) is 0 Å². The molecule has 0 radical (unpaired) electrons. The van der Waals surface area contributed by atoms with Gasteiger partial charge in [0, 0.05) is 18.8 Å². The maximum Gasteiger partial charge on any atom is 0.427 e. The molecule has 2 aromatic carbocycles. The normalized spacial score (nSPS) is 15.6. The van der Waals surface area contributed by atoms with Crippen molar-refractivity contribution in [2.75, 3.05) is 22.9 Å². The number of carbonyl (C=O) groups is 2. The van der Waals surface area contributed by atoms with Crippen LogP contribution >= 0.6 is 0 Å². The van der Waals surface area contributed by atoms with Crippen LogP contribution in [0.4, 0.5) is 16.2 Å². The van der Waals surface area contributed by atoms with Crippen LogP contribution in [0.15, 0.2) is 60.4 Å². The van der Waals surface area contributed by atoms with E-state index in [-0.39, 0.29) is 5.76 Å². The predicted molar refractivity (Wildman–Crippen MR) is 98.4 cm³/mol. The first-order valence-electron chi connectivity index (χ1n) is 8.32. The summed E-state index contributed by atoms with van der Waals surface area (Å²) in [6.45, 7) is 6.07. The second-order valence-electron chi connectivity index (χ2n) is 5.62. The van der Waals surface area contributed by atoms with Gasteiger partial charge in [0.2, 0.25) is 0 Å². The smallest absolute Gasteiger partial charge is 0.404 e. The number of para-hydroxylation sites is 1. The maximum absolute atomic E-state index is 12.5. The van der Waals surface area contributed by atoms with Gasteiger partial charge in [-0.1, -0.05) is 30.3 Å². The Morgan fingerprint density at radius 3 is 2.20 bits per heavy atom. The molecule has 1 fully saturated rings. The Hall–Kier alpha value is -3.08. The Labute approximate surface area is 147 Å². The summed E-state index contributed by atoms with van der Waals surface area (Å²) in [5.74, 6) is -0.423. The zero-order chi connectivity index (χ0) is 17.8. The molecular weight excluding hydrogens is 316 g/mol. The molecule has 0 unspecified atom stereocenters. The highest BCUT2D eigenvalue weighted by atomic mass is 16.6. The lowest BCUT2D eigenvalue weighted by Gasteiger charge is -2.20. The first-order valence-corrected chi connectivity index (χ1v) is 8.32. The number of hydrogen-bond donors (Lipinski definition) is 0. The summed E-state index contributed by atoms with van der Waals surface area (Å²) in [5.41, 5.74) is 2.42. The van der Waals surface area contributed by atoms with Gasteiger partial charge in [-0.15, -0.1) is 0 Å². The highest BCUT2D eigenvalue weighted by molar-refractivity contribution is 6.24. The van der Waals surface area contributed by atoms with Gasteiger partial charge in [-0.3, -0.25) is 4.79 Å². The van der Waals surface area contributed by atoms with E-state index in [1.807, 2.05) is 30.3 Å². The van der Waals surface area contributed by atoms with Crippen LogP contribution in [-0.4, -0.2) is 25.1 Å². The zero-order valence-electron chi connectivity index (χ0n) is 14.3. The number of rotatable bonds is 5. The van der Waals surface area contributed by atoms with E-state index < -0.39 is 12.0 Å². The van der Waals surface area contributed by atoms with Crippen LogP contribution in [0.5, 0.6) is 0 Å². The van der Waals surface area contributed by atoms with Gasteiger partial charge in [0.1, 0.15) is 0 Å². The topological polar surface area (TPSA) is 49.9 Å². The zero-order valence-corrected chi connectivity index (χ0v) is 14.3. The van der Waals surface area contributed by atoms with Crippen molar-refractivity contribution in [3.8, 4) is 0 Å². The standard InChI is InChI=1S/C20H20N2O3/c1-3-21(4-2)16-12-10-15(11-13-16)14-18-19(23)22(20(24)25-18)17-8-6-5-7-9-17/h5-14H,3-4H2,1-2H3. The van der Waals surface area contributed by atoms with E-state index >= 15 is 0 Å². The average Bonchev–Trinajstić information content (AvgIpc) is 2.91. The van der Waals surface area contributed by atoms with Crippen LogP contribution in [-0.2, 0) is 9.53 Å². The fourth-order valence-electron chi connectivity index (χ4n) is 2.79. The van der Waals surface area contributed by atoms with E-state index in [1.165, 1.54) is 0 Å². The molecule has 5 nitrogen and oxygen atoms in total. The van der Waals surface area contributed by atoms with E-state index in [1.54, 1.807) is 30.3 Å². The molecule has 5 heteroatoms. The maximum atomic E-state index is 12.5. The third-order valence-electron chi connectivity index (χ3n) is 4.13. The van der Waals surface area contributed by atoms with Gasteiger partial charge in [-0.05, 0) is 49.8 Å². The number of imide groups is 1. The van der Waals surface area contributed by atoms with Crippen molar-refractivity contribution in [1.29, 1.82) is 0 Å². The minimum atomic E-state index is -0.679. The van der Waals surface area contributed by atoms with Gasteiger partial charge < -0.3 is 9.64 Å². The Balaban J connectivity index is 1.82. The molecule has 0 aromatic heterocycles.